The van der Waals surface area contributed by atoms with E-state index < -0.39 is 0 Å². The average molecular weight is 413 g/mol. The van der Waals surface area contributed by atoms with Gasteiger partial charge in [-0.05, 0) is 68.8 Å². The van der Waals surface area contributed by atoms with Gasteiger partial charge in [0.15, 0.2) is 0 Å². The van der Waals surface area contributed by atoms with Gasteiger partial charge in [-0.1, -0.05) is 24.3 Å². The summed E-state index contributed by atoms with van der Waals surface area (Å²) in [6.07, 6.45) is 5.94. The van der Waals surface area contributed by atoms with Gasteiger partial charge in [-0.25, -0.2) is 0 Å². The molecule has 164 valence electrons. The zero-order valence-electron chi connectivity index (χ0n) is 18.3. The zero-order chi connectivity index (χ0) is 21.0. The van der Waals surface area contributed by atoms with Crippen molar-refractivity contribution in [3.8, 4) is 0 Å². The highest BCUT2D eigenvalue weighted by molar-refractivity contribution is 5.83. The number of carbonyl (C=O) groups is 2. The SMILES string of the molecule is CC(=O)NCC(=O)N1Cc2ccccc2CC2(CCCN(CC3CCNCC3)C2)C1. The fraction of sp³-hybridized carbons (Fsp3) is 0.667. The molecule has 1 unspecified atom stereocenters. The minimum absolute atomic E-state index is 0.0248. The largest absolute Gasteiger partial charge is 0.347 e. The van der Waals surface area contributed by atoms with Crippen LogP contribution in [0.3, 0.4) is 0 Å². The van der Waals surface area contributed by atoms with Crippen LogP contribution in [0.2, 0.25) is 0 Å². The maximum atomic E-state index is 13.0. The molecule has 0 aromatic heterocycles. The Balaban J connectivity index is 1.52. The number of hydrogen-bond donors (Lipinski definition) is 2. The summed E-state index contributed by atoms with van der Waals surface area (Å²) in [6.45, 7) is 8.68. The minimum atomic E-state index is -0.154. The fourth-order valence-electron chi connectivity index (χ4n) is 5.67. The van der Waals surface area contributed by atoms with Gasteiger partial charge in [-0.3, -0.25) is 9.59 Å². The Kier molecular flexibility index (Phi) is 6.74. The van der Waals surface area contributed by atoms with Gasteiger partial charge < -0.3 is 20.4 Å². The molecule has 3 heterocycles. The number of amides is 2. The van der Waals surface area contributed by atoms with E-state index in [0.717, 1.165) is 44.9 Å². The molecule has 4 rings (SSSR count). The van der Waals surface area contributed by atoms with Crippen LogP contribution in [0.15, 0.2) is 24.3 Å². The first-order valence-corrected chi connectivity index (χ1v) is 11.6. The van der Waals surface area contributed by atoms with E-state index in [1.165, 1.54) is 50.4 Å². The van der Waals surface area contributed by atoms with E-state index in [9.17, 15) is 9.59 Å². The Morgan fingerprint density at radius 3 is 2.70 bits per heavy atom. The summed E-state index contributed by atoms with van der Waals surface area (Å²) in [5.41, 5.74) is 2.74. The lowest BCUT2D eigenvalue weighted by Gasteiger charge is -2.45. The van der Waals surface area contributed by atoms with Crippen LogP contribution in [-0.4, -0.2) is 67.4 Å². The number of piperidine rings is 2. The van der Waals surface area contributed by atoms with E-state index in [-0.39, 0.29) is 23.8 Å². The quantitative estimate of drug-likeness (QED) is 0.791. The lowest BCUT2D eigenvalue weighted by atomic mass is 9.74. The van der Waals surface area contributed by atoms with Crippen LogP contribution in [0.4, 0.5) is 0 Å². The molecule has 6 heteroatoms. The molecule has 0 bridgehead atoms. The number of nitrogens with one attached hydrogen (secondary N) is 2. The summed E-state index contributed by atoms with van der Waals surface area (Å²) in [5.74, 6) is 0.660. The normalized spacial score (nSPS) is 25.6. The standard InChI is InChI=1S/C24H36N4O2/c1-19(29)26-14-23(30)28-16-22-6-3-2-5-21(22)13-24(18-28)9-4-12-27(17-24)15-20-7-10-25-11-8-20/h2-3,5-6,20,25H,4,7-18H2,1H3,(H,26,29). The molecule has 0 radical (unpaired) electrons. The van der Waals surface area contributed by atoms with E-state index in [0.29, 0.717) is 6.54 Å². The molecule has 0 aliphatic carbocycles. The van der Waals surface area contributed by atoms with Gasteiger partial charge in [0.25, 0.3) is 0 Å². The molecule has 2 fully saturated rings. The van der Waals surface area contributed by atoms with Crippen molar-refractivity contribution in [3.05, 3.63) is 35.4 Å². The first-order valence-electron chi connectivity index (χ1n) is 11.6. The van der Waals surface area contributed by atoms with Gasteiger partial charge in [-0.2, -0.15) is 0 Å². The fourth-order valence-corrected chi connectivity index (χ4v) is 5.67. The van der Waals surface area contributed by atoms with E-state index in [2.05, 4.69) is 39.8 Å². The third-order valence-corrected chi connectivity index (χ3v) is 7.13. The number of benzene rings is 1. The number of nitrogens with zero attached hydrogens (tertiary/aromatic N) is 2. The Morgan fingerprint density at radius 2 is 1.93 bits per heavy atom. The molecule has 2 amide bonds. The summed E-state index contributed by atoms with van der Waals surface area (Å²) < 4.78 is 0. The van der Waals surface area contributed by atoms with E-state index in [1.54, 1.807) is 0 Å². The van der Waals surface area contributed by atoms with Crippen molar-refractivity contribution in [1.82, 2.24) is 20.4 Å². The molecule has 2 N–H and O–H groups in total. The van der Waals surface area contributed by atoms with Crippen molar-refractivity contribution in [2.24, 2.45) is 11.3 Å². The van der Waals surface area contributed by atoms with E-state index in [1.807, 2.05) is 4.90 Å². The number of likely N-dealkylation sites (tertiary alicyclic amines) is 1. The molecule has 3 aliphatic heterocycles. The van der Waals surface area contributed by atoms with Crippen molar-refractivity contribution >= 4 is 11.8 Å². The Labute approximate surface area is 180 Å². The Hall–Kier alpha value is -1.92. The minimum Gasteiger partial charge on any atom is -0.347 e. The van der Waals surface area contributed by atoms with Crippen LogP contribution in [0.1, 0.15) is 43.7 Å². The second-order valence-electron chi connectivity index (χ2n) is 9.64. The van der Waals surface area contributed by atoms with Gasteiger partial charge in [0.2, 0.25) is 11.8 Å². The van der Waals surface area contributed by atoms with Gasteiger partial charge in [-0.15, -0.1) is 0 Å². The summed E-state index contributed by atoms with van der Waals surface area (Å²) in [6, 6.07) is 8.59. The topological polar surface area (TPSA) is 64.7 Å². The number of rotatable bonds is 4. The zero-order valence-corrected chi connectivity index (χ0v) is 18.3. The predicted molar refractivity (Wildman–Crippen MR) is 118 cm³/mol. The number of fused-ring (bicyclic) bond motifs is 1. The Morgan fingerprint density at radius 1 is 1.17 bits per heavy atom. The first-order chi connectivity index (χ1) is 14.5. The van der Waals surface area contributed by atoms with Crippen molar-refractivity contribution in [3.63, 3.8) is 0 Å². The van der Waals surface area contributed by atoms with E-state index >= 15 is 0 Å². The molecule has 1 aromatic rings. The summed E-state index contributed by atoms with van der Waals surface area (Å²) in [7, 11) is 0. The number of hydrogen-bond acceptors (Lipinski definition) is 4. The average Bonchev–Trinajstić information content (AvgIpc) is 2.89. The van der Waals surface area contributed by atoms with Crippen molar-refractivity contribution < 1.29 is 9.59 Å². The molecule has 1 atom stereocenters. The molecular weight excluding hydrogens is 376 g/mol. The van der Waals surface area contributed by atoms with Gasteiger partial charge in [0.05, 0.1) is 6.54 Å². The van der Waals surface area contributed by atoms with Crippen LogP contribution in [0, 0.1) is 11.3 Å². The van der Waals surface area contributed by atoms with Crippen LogP contribution in [0.5, 0.6) is 0 Å². The molecule has 30 heavy (non-hydrogen) atoms. The lowest BCUT2D eigenvalue weighted by Crippen LogP contribution is -2.52. The van der Waals surface area contributed by atoms with Crippen LogP contribution >= 0.6 is 0 Å². The smallest absolute Gasteiger partial charge is 0.242 e. The summed E-state index contributed by atoms with van der Waals surface area (Å²) >= 11 is 0. The molecular formula is C24H36N4O2. The van der Waals surface area contributed by atoms with Crippen LogP contribution in [-0.2, 0) is 22.6 Å². The lowest BCUT2D eigenvalue weighted by molar-refractivity contribution is -0.135. The van der Waals surface area contributed by atoms with Crippen molar-refractivity contribution in [1.29, 1.82) is 0 Å². The highest BCUT2D eigenvalue weighted by Gasteiger charge is 2.41. The van der Waals surface area contributed by atoms with Gasteiger partial charge in [0.1, 0.15) is 0 Å². The third-order valence-electron chi connectivity index (χ3n) is 7.13. The molecule has 0 saturated carbocycles. The second kappa shape index (κ2) is 9.48. The van der Waals surface area contributed by atoms with Gasteiger partial charge in [0, 0.05) is 38.5 Å². The third kappa shape index (κ3) is 5.22. The molecule has 6 nitrogen and oxygen atoms in total. The van der Waals surface area contributed by atoms with Gasteiger partial charge >= 0.3 is 0 Å². The van der Waals surface area contributed by atoms with Crippen LogP contribution in [0.25, 0.3) is 0 Å². The maximum absolute atomic E-state index is 13.0. The predicted octanol–water partition coefficient (Wildman–Crippen LogP) is 1.79. The molecule has 1 aromatic carbocycles. The monoisotopic (exact) mass is 412 g/mol. The van der Waals surface area contributed by atoms with Crippen molar-refractivity contribution in [2.75, 3.05) is 45.8 Å². The molecule has 2 saturated heterocycles. The highest BCUT2D eigenvalue weighted by atomic mass is 16.2. The summed E-state index contributed by atoms with van der Waals surface area (Å²) in [5, 5.41) is 6.17. The first kappa shape index (κ1) is 21.3. The van der Waals surface area contributed by atoms with E-state index in [4.69, 9.17) is 0 Å². The maximum Gasteiger partial charge on any atom is 0.242 e. The molecule has 3 aliphatic rings. The molecule has 1 spiro atoms. The Bertz CT molecular complexity index is 761. The van der Waals surface area contributed by atoms with Crippen LogP contribution < -0.4 is 10.6 Å². The summed E-state index contributed by atoms with van der Waals surface area (Å²) in [4.78, 5) is 29.0. The van der Waals surface area contributed by atoms with Crippen molar-refractivity contribution in [2.45, 2.75) is 45.6 Å². The highest BCUT2D eigenvalue weighted by Crippen LogP contribution is 2.38. The second-order valence-corrected chi connectivity index (χ2v) is 9.64. The number of carbonyl (C=O) groups excluding carboxylic acids is 2.